The van der Waals surface area contributed by atoms with Crippen molar-refractivity contribution >= 4 is 44.1 Å². The van der Waals surface area contributed by atoms with Crippen molar-refractivity contribution in [1.29, 1.82) is 0 Å². The van der Waals surface area contributed by atoms with E-state index in [1.165, 1.54) is 4.88 Å². The lowest BCUT2D eigenvalue weighted by molar-refractivity contribution is -0.140. The Hall–Kier alpha value is -3.07. The Bertz CT molecular complexity index is 1290. The van der Waals surface area contributed by atoms with Gasteiger partial charge < -0.3 is 15.6 Å². The highest BCUT2D eigenvalue weighted by atomic mass is 32.1. The molecule has 0 spiro atoms. The molecule has 3 heterocycles. The number of para-hydroxylation sites is 1. The fourth-order valence-corrected chi connectivity index (χ4v) is 5.47. The Morgan fingerprint density at radius 3 is 2.73 bits per heavy atom. The Balaban J connectivity index is 1.31. The van der Waals surface area contributed by atoms with Crippen molar-refractivity contribution in [3.05, 3.63) is 58.7 Å². The average Bonchev–Trinajstić information content (AvgIpc) is 3.31. The van der Waals surface area contributed by atoms with Gasteiger partial charge in [0.25, 0.3) is 5.91 Å². The van der Waals surface area contributed by atoms with Crippen molar-refractivity contribution in [1.82, 2.24) is 15.3 Å². The van der Waals surface area contributed by atoms with E-state index < -0.39 is 11.9 Å². The molecule has 172 valence electrons. The Labute approximate surface area is 192 Å². The van der Waals surface area contributed by atoms with E-state index >= 15 is 0 Å². The molecule has 1 fully saturated rings. The van der Waals surface area contributed by atoms with Gasteiger partial charge in [-0.1, -0.05) is 18.2 Å². The number of fused-ring (bicyclic) bond motifs is 2. The van der Waals surface area contributed by atoms with E-state index in [1.807, 2.05) is 19.1 Å². The summed E-state index contributed by atoms with van der Waals surface area (Å²) in [7, 11) is 0. The Morgan fingerprint density at radius 1 is 1.15 bits per heavy atom. The number of anilines is 1. The number of pyridine rings is 1. The van der Waals surface area contributed by atoms with Gasteiger partial charge in [-0.2, -0.15) is 13.2 Å². The van der Waals surface area contributed by atoms with E-state index in [0.717, 1.165) is 35.5 Å². The third-order valence-corrected chi connectivity index (χ3v) is 7.05. The summed E-state index contributed by atoms with van der Waals surface area (Å²) in [6.07, 6.45) is -1.36. The zero-order valence-electron chi connectivity index (χ0n) is 17.9. The summed E-state index contributed by atoms with van der Waals surface area (Å²) in [4.78, 5) is 20.9. The van der Waals surface area contributed by atoms with Gasteiger partial charge in [0.2, 0.25) is 0 Å². The number of halogens is 3. The number of aromatic nitrogens is 2. The Morgan fingerprint density at radius 2 is 1.94 bits per heavy atom. The smallest absolute Gasteiger partial charge is 0.382 e. The maximum Gasteiger partial charge on any atom is 0.433 e. The molecule has 3 aromatic heterocycles. The number of hydrogen-bond donors (Lipinski definition) is 3. The first-order valence-electron chi connectivity index (χ1n) is 10.9. The minimum absolute atomic E-state index is 0.0503. The van der Waals surface area contributed by atoms with Crippen LogP contribution in [0.4, 0.5) is 18.9 Å². The fraction of sp³-hybridized carbons (Fsp3) is 0.333. The predicted molar refractivity (Wildman–Crippen MR) is 125 cm³/mol. The van der Waals surface area contributed by atoms with E-state index in [1.54, 1.807) is 35.6 Å². The van der Waals surface area contributed by atoms with E-state index in [9.17, 15) is 18.0 Å². The van der Waals surface area contributed by atoms with Crippen LogP contribution in [-0.4, -0.2) is 28.0 Å². The van der Waals surface area contributed by atoms with Crippen molar-refractivity contribution in [2.75, 3.05) is 5.32 Å². The minimum atomic E-state index is -4.52. The average molecular weight is 473 g/mol. The number of rotatable bonds is 4. The summed E-state index contributed by atoms with van der Waals surface area (Å²) in [5, 5.41) is 7.05. The summed E-state index contributed by atoms with van der Waals surface area (Å²) in [5.74, 6) is -0.157. The van der Waals surface area contributed by atoms with Crippen molar-refractivity contribution in [2.24, 2.45) is 0 Å². The number of amides is 1. The van der Waals surface area contributed by atoms with Crippen LogP contribution in [0.2, 0.25) is 0 Å². The molecule has 3 N–H and O–H groups in total. The standard InChI is InChI=1S/C24H23F3N4OS/c1-13-9-19-21(33-13)11-20(30-19)23(32)29-15-6-4-5-14(10-15)28-18-12-22(24(25,26)27)31-17-8-3-2-7-16(17)18/h2-3,7-9,11-12,14-15,30H,4-6,10H2,1H3,(H,28,31)(H,29,32)/t14-,15?/m0/s1. The molecule has 1 unspecified atom stereocenters. The third-order valence-electron chi connectivity index (χ3n) is 6.05. The van der Waals surface area contributed by atoms with Gasteiger partial charge in [-0.05, 0) is 56.9 Å². The van der Waals surface area contributed by atoms with Gasteiger partial charge in [-0.15, -0.1) is 11.3 Å². The second-order valence-electron chi connectivity index (χ2n) is 8.57. The lowest BCUT2D eigenvalue weighted by Crippen LogP contribution is -2.42. The normalized spacial score (nSPS) is 19.2. The third kappa shape index (κ3) is 4.55. The van der Waals surface area contributed by atoms with Crippen molar-refractivity contribution in [3.8, 4) is 0 Å². The van der Waals surface area contributed by atoms with Gasteiger partial charge in [0.05, 0.1) is 15.7 Å². The van der Waals surface area contributed by atoms with Crippen molar-refractivity contribution < 1.29 is 18.0 Å². The first-order valence-corrected chi connectivity index (χ1v) is 11.7. The highest BCUT2D eigenvalue weighted by Crippen LogP contribution is 2.34. The van der Waals surface area contributed by atoms with Crippen LogP contribution < -0.4 is 10.6 Å². The summed E-state index contributed by atoms with van der Waals surface area (Å²) in [5.41, 5.74) is 1.30. The molecule has 5 rings (SSSR count). The first-order chi connectivity index (χ1) is 15.8. The zero-order valence-corrected chi connectivity index (χ0v) is 18.7. The molecule has 33 heavy (non-hydrogen) atoms. The monoisotopic (exact) mass is 472 g/mol. The van der Waals surface area contributed by atoms with Crippen LogP contribution in [0.25, 0.3) is 21.1 Å². The van der Waals surface area contributed by atoms with Crippen molar-refractivity contribution in [3.63, 3.8) is 0 Å². The molecule has 5 nitrogen and oxygen atoms in total. The number of benzene rings is 1. The maximum absolute atomic E-state index is 13.4. The van der Waals surface area contributed by atoms with Crippen LogP contribution in [0.15, 0.2) is 42.5 Å². The zero-order chi connectivity index (χ0) is 23.2. The van der Waals surface area contributed by atoms with Crippen LogP contribution in [-0.2, 0) is 6.18 Å². The summed E-state index contributed by atoms with van der Waals surface area (Å²) >= 11 is 1.64. The predicted octanol–water partition coefficient (Wildman–Crippen LogP) is 6.26. The minimum Gasteiger partial charge on any atom is -0.382 e. The molecule has 1 amide bonds. The fourth-order valence-electron chi connectivity index (χ4n) is 4.55. The number of aromatic amines is 1. The number of nitrogens with one attached hydrogen (secondary N) is 3. The quantitative estimate of drug-likeness (QED) is 0.328. The molecule has 1 aliphatic rings. The Kier molecular flexibility index (Phi) is 5.52. The molecule has 4 aromatic rings. The molecule has 0 saturated heterocycles. The number of alkyl halides is 3. The molecule has 1 saturated carbocycles. The molecular weight excluding hydrogens is 449 g/mol. The number of carbonyl (C=O) groups is 1. The van der Waals surface area contributed by atoms with Crippen LogP contribution >= 0.6 is 11.3 Å². The molecule has 0 bridgehead atoms. The maximum atomic E-state index is 13.4. The first kappa shape index (κ1) is 21.8. The van der Waals surface area contributed by atoms with E-state index in [2.05, 4.69) is 20.6 Å². The molecule has 2 atom stereocenters. The second kappa shape index (κ2) is 8.37. The van der Waals surface area contributed by atoms with Gasteiger partial charge in [-0.25, -0.2) is 4.98 Å². The number of thiophene rings is 1. The second-order valence-corrected chi connectivity index (χ2v) is 9.85. The lowest BCUT2D eigenvalue weighted by Gasteiger charge is -2.31. The summed E-state index contributed by atoms with van der Waals surface area (Å²) in [6.45, 7) is 2.02. The highest BCUT2D eigenvalue weighted by Gasteiger charge is 2.34. The van der Waals surface area contributed by atoms with E-state index in [-0.39, 0.29) is 18.0 Å². The van der Waals surface area contributed by atoms with E-state index in [4.69, 9.17) is 0 Å². The highest BCUT2D eigenvalue weighted by molar-refractivity contribution is 7.19. The van der Waals surface area contributed by atoms with E-state index in [0.29, 0.717) is 28.7 Å². The number of H-pyrrole nitrogens is 1. The van der Waals surface area contributed by atoms with Crippen LogP contribution in [0.3, 0.4) is 0 Å². The van der Waals surface area contributed by atoms with Gasteiger partial charge >= 0.3 is 6.18 Å². The summed E-state index contributed by atoms with van der Waals surface area (Å²) in [6, 6.07) is 11.7. The number of nitrogens with zero attached hydrogens (tertiary/aromatic N) is 1. The SMILES string of the molecule is Cc1cc2[nH]c(C(=O)NC3CCC[C@H](Nc4cc(C(F)(F)F)nc5ccccc45)C3)cc2s1. The summed E-state index contributed by atoms with van der Waals surface area (Å²) < 4.78 is 41.2. The van der Waals surface area contributed by atoms with Crippen molar-refractivity contribution in [2.45, 2.75) is 50.9 Å². The topological polar surface area (TPSA) is 69.8 Å². The van der Waals surface area contributed by atoms with Crippen LogP contribution in [0, 0.1) is 6.92 Å². The van der Waals surface area contributed by atoms with Crippen LogP contribution in [0.1, 0.15) is 46.7 Å². The molecule has 0 radical (unpaired) electrons. The molecule has 0 aliphatic heterocycles. The number of carbonyl (C=O) groups excluding carboxylic acids is 1. The molecule has 1 aromatic carbocycles. The van der Waals surface area contributed by atoms with Gasteiger partial charge in [0.1, 0.15) is 11.4 Å². The van der Waals surface area contributed by atoms with Gasteiger partial charge in [-0.3, -0.25) is 4.79 Å². The molecule has 1 aliphatic carbocycles. The molecule has 9 heteroatoms. The lowest BCUT2D eigenvalue weighted by atomic mass is 9.90. The molecular formula is C24H23F3N4OS. The number of aryl methyl sites for hydroxylation is 1. The van der Waals surface area contributed by atoms with Gasteiger partial charge in [0, 0.05) is 28.0 Å². The number of hydrogen-bond acceptors (Lipinski definition) is 4. The van der Waals surface area contributed by atoms with Crippen LogP contribution in [0.5, 0.6) is 0 Å². The largest absolute Gasteiger partial charge is 0.433 e. The van der Waals surface area contributed by atoms with Gasteiger partial charge in [0.15, 0.2) is 0 Å².